The molecule has 0 radical (unpaired) electrons. The van der Waals surface area contributed by atoms with Gasteiger partial charge in [0.15, 0.2) is 0 Å². The summed E-state index contributed by atoms with van der Waals surface area (Å²) in [6.45, 7) is 6.02. The lowest BCUT2D eigenvalue weighted by atomic mass is 10.1. The Kier molecular flexibility index (Phi) is 4.21. The van der Waals surface area contributed by atoms with E-state index in [0.29, 0.717) is 11.7 Å². The van der Waals surface area contributed by atoms with Gasteiger partial charge in [0.2, 0.25) is 5.96 Å². The van der Waals surface area contributed by atoms with Gasteiger partial charge in [-0.2, -0.15) is 0 Å². The summed E-state index contributed by atoms with van der Waals surface area (Å²) in [5.41, 5.74) is 2.00. The molecule has 0 aliphatic carbocycles. The summed E-state index contributed by atoms with van der Waals surface area (Å²) in [4.78, 5) is 19.2. The first-order valence-corrected chi connectivity index (χ1v) is 7.97. The zero-order chi connectivity index (χ0) is 17.2. The van der Waals surface area contributed by atoms with Gasteiger partial charge in [0.05, 0.1) is 11.2 Å². The lowest BCUT2D eigenvalue weighted by Crippen LogP contribution is -2.34. The predicted molar refractivity (Wildman–Crippen MR) is 98.7 cm³/mol. The minimum atomic E-state index is -0.294. The van der Waals surface area contributed by atoms with Crippen molar-refractivity contribution in [3.05, 3.63) is 71.9 Å². The van der Waals surface area contributed by atoms with Gasteiger partial charge in [0.25, 0.3) is 5.91 Å². The summed E-state index contributed by atoms with van der Waals surface area (Å²) in [7, 11) is 0. The number of guanidine groups is 1. The van der Waals surface area contributed by atoms with E-state index in [1.165, 1.54) is 0 Å². The van der Waals surface area contributed by atoms with Gasteiger partial charge in [-0.05, 0) is 44.5 Å². The number of benzene rings is 2. The van der Waals surface area contributed by atoms with Crippen molar-refractivity contribution in [2.24, 2.45) is 4.99 Å². The fourth-order valence-corrected chi connectivity index (χ4v) is 2.47. The fourth-order valence-electron chi connectivity index (χ4n) is 2.47. The minimum absolute atomic E-state index is 0.104. The highest BCUT2D eigenvalue weighted by atomic mass is 16.2. The van der Waals surface area contributed by atoms with Crippen LogP contribution in [0.15, 0.2) is 71.4 Å². The monoisotopic (exact) mass is 319 g/mol. The molecular formula is C20H21N3O. The summed E-state index contributed by atoms with van der Waals surface area (Å²) < 4.78 is 0. The van der Waals surface area contributed by atoms with Gasteiger partial charge in [0.1, 0.15) is 5.70 Å². The third kappa shape index (κ3) is 3.54. The highest BCUT2D eigenvalue weighted by Crippen LogP contribution is 2.23. The van der Waals surface area contributed by atoms with E-state index in [-0.39, 0.29) is 11.4 Å². The van der Waals surface area contributed by atoms with Crippen LogP contribution in [0, 0.1) is 0 Å². The molecule has 24 heavy (non-hydrogen) atoms. The van der Waals surface area contributed by atoms with Crippen LogP contribution >= 0.6 is 0 Å². The van der Waals surface area contributed by atoms with Crippen molar-refractivity contribution in [1.82, 2.24) is 5.32 Å². The average molecular weight is 319 g/mol. The highest BCUT2D eigenvalue weighted by molar-refractivity contribution is 6.29. The van der Waals surface area contributed by atoms with Crippen molar-refractivity contribution in [1.29, 1.82) is 0 Å². The molecule has 2 aromatic carbocycles. The van der Waals surface area contributed by atoms with Crippen molar-refractivity contribution in [3.8, 4) is 0 Å². The van der Waals surface area contributed by atoms with Crippen LogP contribution in [0.3, 0.4) is 0 Å². The van der Waals surface area contributed by atoms with Crippen molar-refractivity contribution in [2.75, 3.05) is 4.90 Å². The predicted octanol–water partition coefficient (Wildman–Crippen LogP) is 3.82. The van der Waals surface area contributed by atoms with Crippen LogP contribution < -0.4 is 10.2 Å². The van der Waals surface area contributed by atoms with E-state index in [1.807, 2.05) is 87.5 Å². The Morgan fingerprint density at radius 3 is 2.12 bits per heavy atom. The number of rotatable bonds is 2. The number of carbonyl (C=O) groups is 1. The van der Waals surface area contributed by atoms with E-state index in [0.717, 1.165) is 11.3 Å². The first-order chi connectivity index (χ1) is 11.4. The maximum Gasteiger partial charge on any atom is 0.281 e. The molecule has 0 bridgehead atoms. The molecule has 122 valence electrons. The Labute approximate surface area is 142 Å². The lowest BCUT2D eigenvalue weighted by molar-refractivity contribution is -0.113. The number of amides is 1. The largest absolute Gasteiger partial charge is 0.321 e. The molecule has 3 rings (SSSR count). The molecule has 0 unspecified atom stereocenters. The van der Waals surface area contributed by atoms with E-state index in [2.05, 4.69) is 10.3 Å². The molecule has 2 aromatic rings. The summed E-state index contributed by atoms with van der Waals surface area (Å²) in [6.07, 6.45) is 1.85. The van der Waals surface area contributed by atoms with Crippen molar-refractivity contribution < 1.29 is 4.79 Å². The standard InChI is InChI=1S/C20H21N3O/c1-20(2,3)22-19-21-17(14-15-10-6-4-7-11-15)18(24)23(19)16-12-8-5-9-13-16/h4-14H,1-3H3,(H,21,22)/b17-14-. The van der Waals surface area contributed by atoms with Crippen LogP contribution in [0.4, 0.5) is 5.69 Å². The van der Waals surface area contributed by atoms with Crippen LogP contribution in [0.2, 0.25) is 0 Å². The third-order valence-electron chi connectivity index (χ3n) is 3.46. The quantitative estimate of drug-likeness (QED) is 0.855. The zero-order valence-electron chi connectivity index (χ0n) is 14.2. The number of anilines is 1. The summed E-state index contributed by atoms with van der Waals surface area (Å²) in [5, 5.41) is 3.18. The molecule has 1 N–H and O–H groups in total. The Morgan fingerprint density at radius 2 is 1.54 bits per heavy atom. The molecular weight excluding hydrogens is 298 g/mol. The topological polar surface area (TPSA) is 44.7 Å². The molecule has 1 amide bonds. The van der Waals surface area contributed by atoms with Crippen molar-refractivity contribution in [2.45, 2.75) is 26.3 Å². The summed E-state index contributed by atoms with van der Waals surface area (Å²) in [6, 6.07) is 19.4. The Balaban J connectivity index is 2.04. The number of nitrogens with zero attached hydrogens (tertiary/aromatic N) is 2. The van der Waals surface area contributed by atoms with Crippen molar-refractivity contribution >= 4 is 23.6 Å². The van der Waals surface area contributed by atoms with Gasteiger partial charge in [-0.1, -0.05) is 48.5 Å². The smallest absolute Gasteiger partial charge is 0.281 e. The second-order valence-corrected chi connectivity index (χ2v) is 6.68. The SMILES string of the molecule is CC(C)(C)N=C1N/C(=C\c2ccccc2)C(=O)N1c1ccccc1. The van der Waals surface area contributed by atoms with Gasteiger partial charge < -0.3 is 5.32 Å². The van der Waals surface area contributed by atoms with Gasteiger partial charge in [-0.25, -0.2) is 9.89 Å². The maximum absolute atomic E-state index is 12.9. The number of carbonyl (C=O) groups excluding carboxylic acids is 1. The highest BCUT2D eigenvalue weighted by Gasteiger charge is 2.34. The molecule has 4 heteroatoms. The molecule has 0 atom stereocenters. The molecule has 1 aliphatic heterocycles. The lowest BCUT2D eigenvalue weighted by Gasteiger charge is -2.19. The van der Waals surface area contributed by atoms with Crippen LogP contribution in [0.5, 0.6) is 0 Å². The van der Waals surface area contributed by atoms with Crippen LogP contribution in [-0.4, -0.2) is 17.4 Å². The van der Waals surface area contributed by atoms with Crippen LogP contribution in [-0.2, 0) is 4.79 Å². The Hall–Kier alpha value is -2.88. The van der Waals surface area contributed by atoms with Crippen LogP contribution in [0.1, 0.15) is 26.3 Å². The van der Waals surface area contributed by atoms with Gasteiger partial charge in [-0.15, -0.1) is 0 Å². The summed E-state index contributed by atoms with van der Waals surface area (Å²) >= 11 is 0. The molecule has 0 spiro atoms. The molecule has 1 aliphatic rings. The molecule has 1 saturated heterocycles. The summed E-state index contributed by atoms with van der Waals surface area (Å²) in [5.74, 6) is 0.453. The van der Waals surface area contributed by atoms with Gasteiger partial charge in [0, 0.05) is 0 Å². The number of para-hydroxylation sites is 1. The molecule has 0 saturated carbocycles. The number of aliphatic imine (C=N–C) groups is 1. The zero-order valence-corrected chi connectivity index (χ0v) is 14.2. The number of hydrogen-bond acceptors (Lipinski definition) is 2. The molecule has 4 nitrogen and oxygen atoms in total. The first-order valence-electron chi connectivity index (χ1n) is 7.97. The number of nitrogens with one attached hydrogen (secondary N) is 1. The fraction of sp³-hybridized carbons (Fsp3) is 0.200. The Bertz CT molecular complexity index is 787. The second kappa shape index (κ2) is 6.32. The second-order valence-electron chi connectivity index (χ2n) is 6.68. The van der Waals surface area contributed by atoms with E-state index < -0.39 is 0 Å². The van der Waals surface area contributed by atoms with E-state index >= 15 is 0 Å². The third-order valence-corrected chi connectivity index (χ3v) is 3.46. The Morgan fingerprint density at radius 1 is 0.958 bits per heavy atom. The van der Waals surface area contributed by atoms with E-state index in [9.17, 15) is 4.79 Å². The molecule has 1 fully saturated rings. The average Bonchev–Trinajstić information content (AvgIpc) is 2.83. The number of hydrogen-bond donors (Lipinski definition) is 1. The maximum atomic E-state index is 12.9. The molecule has 1 heterocycles. The van der Waals surface area contributed by atoms with Crippen molar-refractivity contribution in [3.63, 3.8) is 0 Å². The van der Waals surface area contributed by atoms with E-state index in [1.54, 1.807) is 4.90 Å². The van der Waals surface area contributed by atoms with Gasteiger partial charge in [-0.3, -0.25) is 4.79 Å². The normalized spacial score (nSPS) is 18.3. The van der Waals surface area contributed by atoms with Crippen LogP contribution in [0.25, 0.3) is 6.08 Å². The van der Waals surface area contributed by atoms with Gasteiger partial charge >= 0.3 is 0 Å². The van der Waals surface area contributed by atoms with E-state index in [4.69, 9.17) is 0 Å². The minimum Gasteiger partial charge on any atom is -0.321 e. The first kappa shape index (κ1) is 16.0. The molecule has 0 aromatic heterocycles.